The lowest BCUT2D eigenvalue weighted by Crippen LogP contribution is -2.29. The molecule has 1 aromatic heterocycles. The molecule has 1 heterocycles. The summed E-state index contributed by atoms with van der Waals surface area (Å²) in [6, 6.07) is 0. The zero-order valence-electron chi connectivity index (χ0n) is 11.4. The molecule has 0 aromatic carbocycles. The maximum atomic E-state index is 12.1. The Morgan fingerprint density at radius 3 is 2.84 bits per heavy atom. The minimum absolute atomic E-state index is 0.133. The highest BCUT2D eigenvalue weighted by molar-refractivity contribution is 7.11. The number of esters is 1. The Labute approximate surface area is 116 Å². The Morgan fingerprint density at radius 1 is 1.58 bits per heavy atom. The molecule has 1 fully saturated rings. The Bertz CT molecular complexity index is 486. The van der Waals surface area contributed by atoms with Crippen LogP contribution in [0, 0.1) is 11.8 Å². The van der Waals surface area contributed by atoms with Crippen molar-refractivity contribution in [3.63, 3.8) is 0 Å². The molecule has 1 saturated carbocycles. The fourth-order valence-electron chi connectivity index (χ4n) is 1.94. The molecule has 1 aliphatic rings. The van der Waals surface area contributed by atoms with Crippen LogP contribution < -0.4 is 0 Å². The zero-order valence-corrected chi connectivity index (χ0v) is 12.2. The van der Waals surface area contributed by atoms with Crippen molar-refractivity contribution >= 4 is 23.2 Å². The van der Waals surface area contributed by atoms with E-state index in [0.29, 0.717) is 24.1 Å². The standard InChI is InChI=1S/C13H18N2O3S/c1-4-18-13(17)11-14-10(7-19-11)12(16)15(3)6-9-5-8(9)2/h7-9H,4-6H2,1-3H3. The van der Waals surface area contributed by atoms with E-state index in [4.69, 9.17) is 4.74 Å². The summed E-state index contributed by atoms with van der Waals surface area (Å²) in [7, 11) is 1.77. The van der Waals surface area contributed by atoms with Crippen LogP contribution >= 0.6 is 11.3 Å². The first kappa shape index (κ1) is 14.0. The van der Waals surface area contributed by atoms with Crippen molar-refractivity contribution < 1.29 is 14.3 Å². The number of carbonyl (C=O) groups excluding carboxylic acids is 2. The molecule has 19 heavy (non-hydrogen) atoms. The van der Waals surface area contributed by atoms with Crippen LogP contribution in [0.1, 0.15) is 40.6 Å². The molecule has 0 spiro atoms. The normalized spacial score (nSPS) is 21.0. The Morgan fingerprint density at radius 2 is 2.26 bits per heavy atom. The van der Waals surface area contributed by atoms with Gasteiger partial charge in [0.25, 0.3) is 5.91 Å². The predicted molar refractivity (Wildman–Crippen MR) is 72.3 cm³/mol. The Kier molecular flexibility index (Phi) is 4.19. The van der Waals surface area contributed by atoms with Crippen molar-refractivity contribution in [3.8, 4) is 0 Å². The molecule has 0 radical (unpaired) electrons. The zero-order chi connectivity index (χ0) is 14.0. The molecule has 6 heteroatoms. The van der Waals surface area contributed by atoms with Crippen LogP contribution in [-0.2, 0) is 4.74 Å². The largest absolute Gasteiger partial charge is 0.461 e. The van der Waals surface area contributed by atoms with Gasteiger partial charge in [0.1, 0.15) is 5.69 Å². The number of carbonyl (C=O) groups is 2. The van der Waals surface area contributed by atoms with Crippen molar-refractivity contribution in [1.82, 2.24) is 9.88 Å². The quantitative estimate of drug-likeness (QED) is 0.776. The fourth-order valence-corrected chi connectivity index (χ4v) is 2.63. The monoisotopic (exact) mass is 282 g/mol. The van der Waals surface area contributed by atoms with E-state index in [0.717, 1.165) is 17.9 Å². The molecular weight excluding hydrogens is 264 g/mol. The lowest BCUT2D eigenvalue weighted by molar-refractivity contribution is 0.0526. The van der Waals surface area contributed by atoms with Crippen molar-refractivity contribution in [2.24, 2.45) is 11.8 Å². The van der Waals surface area contributed by atoms with Crippen LogP contribution in [0.4, 0.5) is 0 Å². The first-order valence-corrected chi connectivity index (χ1v) is 7.29. The molecule has 0 aliphatic heterocycles. The smallest absolute Gasteiger partial charge is 0.367 e. The Balaban J connectivity index is 1.97. The van der Waals surface area contributed by atoms with Gasteiger partial charge in [-0.3, -0.25) is 4.79 Å². The molecular formula is C13H18N2O3S. The van der Waals surface area contributed by atoms with E-state index >= 15 is 0 Å². The predicted octanol–water partition coefficient (Wildman–Crippen LogP) is 2.05. The summed E-state index contributed by atoms with van der Waals surface area (Å²) in [5.41, 5.74) is 0.323. The van der Waals surface area contributed by atoms with E-state index in [-0.39, 0.29) is 10.9 Å². The number of hydrogen-bond donors (Lipinski definition) is 0. The Hall–Kier alpha value is -1.43. The summed E-state index contributed by atoms with van der Waals surface area (Å²) in [6.07, 6.45) is 1.18. The third-order valence-electron chi connectivity index (χ3n) is 3.30. The van der Waals surface area contributed by atoms with Gasteiger partial charge in [-0.25, -0.2) is 9.78 Å². The molecule has 2 unspecified atom stereocenters. The van der Waals surface area contributed by atoms with Gasteiger partial charge in [-0.2, -0.15) is 0 Å². The number of hydrogen-bond acceptors (Lipinski definition) is 5. The molecule has 2 rings (SSSR count). The van der Waals surface area contributed by atoms with E-state index in [1.165, 1.54) is 6.42 Å². The molecule has 0 N–H and O–H groups in total. The summed E-state index contributed by atoms with van der Waals surface area (Å²) >= 11 is 1.15. The second-order valence-electron chi connectivity index (χ2n) is 4.92. The second-order valence-corrected chi connectivity index (χ2v) is 5.78. The number of thiazole rings is 1. The lowest BCUT2D eigenvalue weighted by Gasteiger charge is -2.15. The lowest BCUT2D eigenvalue weighted by atomic mass is 10.3. The van der Waals surface area contributed by atoms with Gasteiger partial charge >= 0.3 is 5.97 Å². The van der Waals surface area contributed by atoms with E-state index < -0.39 is 5.97 Å². The van der Waals surface area contributed by atoms with Crippen molar-refractivity contribution in [2.75, 3.05) is 20.2 Å². The van der Waals surface area contributed by atoms with Crippen molar-refractivity contribution in [1.29, 1.82) is 0 Å². The highest BCUT2D eigenvalue weighted by Gasteiger charge is 2.34. The average molecular weight is 282 g/mol. The van der Waals surface area contributed by atoms with Gasteiger partial charge in [-0.15, -0.1) is 11.3 Å². The summed E-state index contributed by atoms with van der Waals surface area (Å²) in [5.74, 6) is 0.716. The van der Waals surface area contributed by atoms with Crippen molar-refractivity contribution in [3.05, 3.63) is 16.1 Å². The summed E-state index contributed by atoms with van der Waals surface area (Å²) < 4.78 is 4.85. The van der Waals surface area contributed by atoms with E-state index in [2.05, 4.69) is 11.9 Å². The fraction of sp³-hybridized carbons (Fsp3) is 0.615. The number of rotatable bonds is 5. The first-order valence-electron chi connectivity index (χ1n) is 6.41. The van der Waals surface area contributed by atoms with Gasteiger partial charge in [-0.05, 0) is 25.2 Å². The third kappa shape index (κ3) is 3.32. The minimum Gasteiger partial charge on any atom is -0.461 e. The third-order valence-corrected chi connectivity index (χ3v) is 4.13. The van der Waals surface area contributed by atoms with Gasteiger partial charge in [0.15, 0.2) is 0 Å². The van der Waals surface area contributed by atoms with Crippen LogP contribution in [0.5, 0.6) is 0 Å². The molecule has 0 saturated heterocycles. The van der Waals surface area contributed by atoms with Crippen LogP contribution in [-0.4, -0.2) is 42.0 Å². The van der Waals surface area contributed by atoms with Gasteiger partial charge in [0, 0.05) is 19.0 Å². The van der Waals surface area contributed by atoms with Gasteiger partial charge in [0.2, 0.25) is 5.01 Å². The van der Waals surface area contributed by atoms with Crippen LogP contribution in [0.25, 0.3) is 0 Å². The van der Waals surface area contributed by atoms with E-state index in [9.17, 15) is 9.59 Å². The second kappa shape index (κ2) is 5.69. The van der Waals surface area contributed by atoms with Crippen molar-refractivity contribution in [2.45, 2.75) is 20.3 Å². The minimum atomic E-state index is -0.468. The van der Waals surface area contributed by atoms with Crippen LogP contribution in [0.3, 0.4) is 0 Å². The maximum absolute atomic E-state index is 12.1. The summed E-state index contributed by atoms with van der Waals surface area (Å²) in [5, 5.41) is 1.85. The molecule has 1 aromatic rings. The van der Waals surface area contributed by atoms with Crippen LogP contribution in [0.2, 0.25) is 0 Å². The number of ether oxygens (including phenoxy) is 1. The number of amides is 1. The molecule has 0 bridgehead atoms. The van der Waals surface area contributed by atoms with Gasteiger partial charge in [-0.1, -0.05) is 6.92 Å². The van der Waals surface area contributed by atoms with Gasteiger partial charge < -0.3 is 9.64 Å². The highest BCUT2D eigenvalue weighted by atomic mass is 32.1. The highest BCUT2D eigenvalue weighted by Crippen LogP contribution is 2.38. The van der Waals surface area contributed by atoms with E-state index in [1.54, 1.807) is 24.3 Å². The molecule has 2 atom stereocenters. The van der Waals surface area contributed by atoms with E-state index in [1.807, 2.05) is 0 Å². The SMILES string of the molecule is CCOC(=O)c1nc(C(=O)N(C)CC2CC2C)cs1. The number of aromatic nitrogens is 1. The topological polar surface area (TPSA) is 59.5 Å². The van der Waals surface area contributed by atoms with Gasteiger partial charge in [0.05, 0.1) is 6.61 Å². The molecule has 5 nitrogen and oxygen atoms in total. The molecule has 1 amide bonds. The molecule has 1 aliphatic carbocycles. The average Bonchev–Trinajstić information content (AvgIpc) is 2.90. The summed E-state index contributed by atoms with van der Waals surface area (Å²) in [4.78, 5) is 29.3. The first-order chi connectivity index (χ1) is 9.02. The molecule has 104 valence electrons. The number of nitrogens with zero attached hydrogens (tertiary/aromatic N) is 2. The maximum Gasteiger partial charge on any atom is 0.367 e. The summed E-state index contributed by atoms with van der Waals surface area (Å²) in [6.45, 7) is 4.99. The van der Waals surface area contributed by atoms with Crippen LogP contribution in [0.15, 0.2) is 5.38 Å².